The van der Waals surface area contributed by atoms with E-state index in [1.165, 1.54) is 15.6 Å². The molecule has 0 bridgehead atoms. The number of hydrogen-bond acceptors (Lipinski definition) is 0. The SMILES string of the molecule is BrCC(CBr)(Cc1ccccc1Br)c1ccccc1. The van der Waals surface area contributed by atoms with E-state index in [0.29, 0.717) is 0 Å². The van der Waals surface area contributed by atoms with E-state index in [1.807, 2.05) is 0 Å². The van der Waals surface area contributed by atoms with Crippen LogP contribution in [0, 0.1) is 0 Å². The maximum absolute atomic E-state index is 3.71. The minimum Gasteiger partial charge on any atom is -0.0918 e. The fourth-order valence-electron chi connectivity index (χ4n) is 2.18. The quantitative estimate of drug-likeness (QED) is 0.515. The molecular weight excluding hydrogens is 432 g/mol. The van der Waals surface area contributed by atoms with Crippen molar-refractivity contribution >= 4 is 47.8 Å². The van der Waals surface area contributed by atoms with Gasteiger partial charge in [-0.3, -0.25) is 0 Å². The molecule has 2 aromatic rings. The lowest BCUT2D eigenvalue weighted by Crippen LogP contribution is -2.33. The predicted octanol–water partition coefficient (Wildman–Crippen LogP) is 5.72. The summed E-state index contributed by atoms with van der Waals surface area (Å²) in [6.07, 6.45) is 0.995. The lowest BCUT2D eigenvalue weighted by Gasteiger charge is -2.31. The molecule has 0 fully saturated rings. The van der Waals surface area contributed by atoms with Crippen molar-refractivity contribution in [1.29, 1.82) is 0 Å². The molecule has 3 heteroatoms. The Hall–Kier alpha value is -0.120. The van der Waals surface area contributed by atoms with Crippen LogP contribution >= 0.6 is 47.8 Å². The lowest BCUT2D eigenvalue weighted by molar-refractivity contribution is 0.550. The zero-order valence-electron chi connectivity index (χ0n) is 10.5. The van der Waals surface area contributed by atoms with Crippen LogP contribution in [0.1, 0.15) is 11.1 Å². The van der Waals surface area contributed by atoms with Crippen molar-refractivity contribution in [2.45, 2.75) is 11.8 Å². The van der Waals surface area contributed by atoms with Crippen molar-refractivity contribution in [3.63, 3.8) is 0 Å². The van der Waals surface area contributed by atoms with Crippen LogP contribution in [0.4, 0.5) is 0 Å². The highest BCUT2D eigenvalue weighted by molar-refractivity contribution is 9.10. The van der Waals surface area contributed by atoms with Crippen molar-refractivity contribution in [1.82, 2.24) is 0 Å². The second-order valence-corrected chi connectivity index (χ2v) is 6.66. The van der Waals surface area contributed by atoms with Crippen LogP contribution in [-0.2, 0) is 11.8 Å². The Morgan fingerprint density at radius 3 is 1.95 bits per heavy atom. The average molecular weight is 447 g/mol. The van der Waals surface area contributed by atoms with Crippen molar-refractivity contribution in [3.8, 4) is 0 Å². The summed E-state index contributed by atoms with van der Waals surface area (Å²) in [5.41, 5.74) is 2.77. The molecule has 0 unspecified atom stereocenters. The molecular formula is C16H15Br3. The number of alkyl halides is 2. The summed E-state index contributed by atoms with van der Waals surface area (Å²) >= 11 is 11.1. The summed E-state index contributed by atoms with van der Waals surface area (Å²) in [5, 5.41) is 1.85. The van der Waals surface area contributed by atoms with Crippen LogP contribution in [0.25, 0.3) is 0 Å². The average Bonchev–Trinajstić information content (AvgIpc) is 2.48. The summed E-state index contributed by atoms with van der Waals surface area (Å²) in [6.45, 7) is 0. The Kier molecular flexibility index (Phi) is 5.67. The monoisotopic (exact) mass is 444 g/mol. The van der Waals surface area contributed by atoms with Gasteiger partial charge in [-0.2, -0.15) is 0 Å². The van der Waals surface area contributed by atoms with E-state index >= 15 is 0 Å². The van der Waals surface area contributed by atoms with E-state index in [1.54, 1.807) is 0 Å². The normalized spacial score (nSPS) is 11.5. The molecule has 2 aromatic carbocycles. The zero-order valence-corrected chi connectivity index (χ0v) is 15.2. The summed E-state index contributed by atoms with van der Waals surface area (Å²) < 4.78 is 1.18. The predicted molar refractivity (Wildman–Crippen MR) is 93.6 cm³/mol. The van der Waals surface area contributed by atoms with Crippen LogP contribution < -0.4 is 0 Å². The van der Waals surface area contributed by atoms with Gasteiger partial charge in [0.15, 0.2) is 0 Å². The largest absolute Gasteiger partial charge is 0.0918 e. The molecule has 0 amide bonds. The highest BCUT2D eigenvalue weighted by Gasteiger charge is 2.30. The van der Waals surface area contributed by atoms with Crippen LogP contribution in [0.3, 0.4) is 0 Å². The fourth-order valence-corrected chi connectivity index (χ4v) is 4.58. The molecule has 100 valence electrons. The number of rotatable bonds is 5. The minimum atomic E-state index is 0.0745. The van der Waals surface area contributed by atoms with Crippen LogP contribution in [-0.4, -0.2) is 10.7 Å². The van der Waals surface area contributed by atoms with Crippen molar-refractivity contribution in [2.75, 3.05) is 10.7 Å². The van der Waals surface area contributed by atoms with Crippen molar-refractivity contribution in [3.05, 3.63) is 70.2 Å². The molecule has 0 aliphatic heterocycles. The Morgan fingerprint density at radius 2 is 1.37 bits per heavy atom. The van der Waals surface area contributed by atoms with Gasteiger partial charge < -0.3 is 0 Å². The summed E-state index contributed by atoms with van der Waals surface area (Å²) in [7, 11) is 0. The van der Waals surface area contributed by atoms with Gasteiger partial charge in [-0.15, -0.1) is 0 Å². The number of hydrogen-bond donors (Lipinski definition) is 0. The number of halogens is 3. The van der Waals surface area contributed by atoms with E-state index in [9.17, 15) is 0 Å². The standard InChI is InChI=1S/C16H15Br3/c17-11-16(12-18,14-7-2-1-3-8-14)10-13-6-4-5-9-15(13)19/h1-9H,10-12H2. The van der Waals surface area contributed by atoms with E-state index in [-0.39, 0.29) is 5.41 Å². The summed E-state index contributed by atoms with van der Waals surface area (Å²) in [5.74, 6) is 0. The van der Waals surface area contributed by atoms with Gasteiger partial charge in [0, 0.05) is 20.5 Å². The molecule has 0 aromatic heterocycles. The zero-order chi connectivity index (χ0) is 13.7. The Labute approximate surface area is 140 Å². The maximum atomic E-state index is 3.71. The Balaban J connectivity index is 2.38. The third-order valence-electron chi connectivity index (χ3n) is 3.38. The van der Waals surface area contributed by atoms with Crippen molar-refractivity contribution in [2.24, 2.45) is 0 Å². The Bertz CT molecular complexity index is 519. The molecule has 0 saturated carbocycles. The second kappa shape index (κ2) is 7.05. The van der Waals surface area contributed by atoms with E-state index < -0.39 is 0 Å². The first-order valence-corrected chi connectivity index (χ1v) is 9.16. The first-order chi connectivity index (χ1) is 9.22. The molecule has 0 atom stereocenters. The maximum Gasteiger partial charge on any atom is 0.0207 e. The van der Waals surface area contributed by atoms with Gasteiger partial charge in [-0.05, 0) is 23.6 Å². The molecule has 19 heavy (non-hydrogen) atoms. The topological polar surface area (TPSA) is 0 Å². The smallest absolute Gasteiger partial charge is 0.0207 e. The molecule has 0 spiro atoms. The Morgan fingerprint density at radius 1 is 0.789 bits per heavy atom. The van der Waals surface area contributed by atoms with Gasteiger partial charge in [0.1, 0.15) is 0 Å². The van der Waals surface area contributed by atoms with Gasteiger partial charge in [0.25, 0.3) is 0 Å². The highest BCUT2D eigenvalue weighted by atomic mass is 79.9. The van der Waals surface area contributed by atoms with Gasteiger partial charge in [-0.25, -0.2) is 0 Å². The van der Waals surface area contributed by atoms with Gasteiger partial charge in [0.2, 0.25) is 0 Å². The van der Waals surface area contributed by atoms with Gasteiger partial charge in [-0.1, -0.05) is 96.3 Å². The first-order valence-electron chi connectivity index (χ1n) is 6.13. The summed E-state index contributed by atoms with van der Waals surface area (Å²) in [4.78, 5) is 0. The van der Waals surface area contributed by atoms with Crippen LogP contribution in [0.15, 0.2) is 59.1 Å². The molecule has 0 aliphatic rings. The molecule has 0 N–H and O–H groups in total. The molecule has 0 radical (unpaired) electrons. The molecule has 2 rings (SSSR count). The van der Waals surface area contributed by atoms with Gasteiger partial charge in [0.05, 0.1) is 0 Å². The molecule has 0 nitrogen and oxygen atoms in total. The van der Waals surface area contributed by atoms with Crippen LogP contribution in [0.2, 0.25) is 0 Å². The minimum absolute atomic E-state index is 0.0745. The lowest BCUT2D eigenvalue weighted by atomic mass is 9.79. The van der Waals surface area contributed by atoms with E-state index in [2.05, 4.69) is 102 Å². The van der Waals surface area contributed by atoms with Gasteiger partial charge >= 0.3 is 0 Å². The summed E-state index contributed by atoms with van der Waals surface area (Å²) in [6, 6.07) is 19.1. The van der Waals surface area contributed by atoms with Crippen LogP contribution in [0.5, 0.6) is 0 Å². The highest BCUT2D eigenvalue weighted by Crippen LogP contribution is 2.34. The van der Waals surface area contributed by atoms with E-state index in [0.717, 1.165) is 17.1 Å². The van der Waals surface area contributed by atoms with E-state index in [4.69, 9.17) is 0 Å². The second-order valence-electron chi connectivity index (χ2n) is 4.68. The first kappa shape index (κ1) is 15.3. The fraction of sp³-hybridized carbons (Fsp3) is 0.250. The molecule has 0 aliphatic carbocycles. The molecule has 0 heterocycles. The van der Waals surface area contributed by atoms with Crippen molar-refractivity contribution < 1.29 is 0 Å². The third kappa shape index (κ3) is 3.50. The third-order valence-corrected chi connectivity index (χ3v) is 6.30. The number of benzene rings is 2. The molecule has 0 saturated heterocycles.